The standard InChI is InChI=1S/C13H20N2O2S/c1-3-5-12-15-9(2)11(18-12)8-14-13(16)10-6-4-7-17-10/h10H,3-8H2,1-2H3,(H,14,16). The second-order valence-corrected chi connectivity index (χ2v) is 5.75. The zero-order valence-corrected chi connectivity index (χ0v) is 11.8. The highest BCUT2D eigenvalue weighted by Gasteiger charge is 2.23. The van der Waals surface area contributed by atoms with Crippen LogP contribution < -0.4 is 5.32 Å². The van der Waals surface area contributed by atoms with Crippen LogP contribution in [-0.2, 0) is 22.5 Å². The molecule has 1 aromatic rings. The lowest BCUT2D eigenvalue weighted by Gasteiger charge is -2.09. The van der Waals surface area contributed by atoms with Gasteiger partial charge in [-0.15, -0.1) is 11.3 Å². The summed E-state index contributed by atoms with van der Waals surface area (Å²) in [6.45, 7) is 5.43. The molecule has 0 aliphatic carbocycles. The number of nitrogens with one attached hydrogen (secondary N) is 1. The summed E-state index contributed by atoms with van der Waals surface area (Å²) in [5.41, 5.74) is 1.04. The molecule has 4 nitrogen and oxygen atoms in total. The van der Waals surface area contributed by atoms with Crippen molar-refractivity contribution in [3.05, 3.63) is 15.6 Å². The third-order valence-electron chi connectivity index (χ3n) is 3.05. The molecule has 1 N–H and O–H groups in total. The van der Waals surface area contributed by atoms with Crippen LogP contribution in [0, 0.1) is 6.92 Å². The second kappa shape index (κ2) is 6.29. The maximum atomic E-state index is 11.8. The number of hydrogen-bond donors (Lipinski definition) is 1. The number of aromatic nitrogens is 1. The molecular formula is C13H20N2O2S. The van der Waals surface area contributed by atoms with Gasteiger partial charge in [0.15, 0.2) is 0 Å². The molecule has 0 spiro atoms. The Hall–Kier alpha value is -0.940. The van der Waals surface area contributed by atoms with Crippen molar-refractivity contribution >= 4 is 17.2 Å². The number of carbonyl (C=O) groups is 1. The van der Waals surface area contributed by atoms with Crippen LogP contribution in [0.5, 0.6) is 0 Å². The van der Waals surface area contributed by atoms with Crippen LogP contribution >= 0.6 is 11.3 Å². The highest BCUT2D eigenvalue weighted by Crippen LogP contribution is 2.19. The molecule has 18 heavy (non-hydrogen) atoms. The summed E-state index contributed by atoms with van der Waals surface area (Å²) in [5.74, 6) is 0.0114. The van der Waals surface area contributed by atoms with E-state index in [1.165, 1.54) is 0 Å². The highest BCUT2D eigenvalue weighted by atomic mass is 32.1. The molecule has 1 fully saturated rings. The van der Waals surface area contributed by atoms with E-state index >= 15 is 0 Å². The average molecular weight is 268 g/mol. The average Bonchev–Trinajstić information content (AvgIpc) is 2.97. The first-order valence-electron chi connectivity index (χ1n) is 6.55. The predicted octanol–water partition coefficient (Wildman–Crippen LogP) is 2.20. The molecule has 1 amide bonds. The van der Waals surface area contributed by atoms with E-state index in [2.05, 4.69) is 17.2 Å². The molecule has 1 atom stereocenters. The molecule has 1 aliphatic heterocycles. The summed E-state index contributed by atoms with van der Waals surface area (Å²) < 4.78 is 5.35. The third kappa shape index (κ3) is 3.29. The largest absolute Gasteiger partial charge is 0.368 e. The SMILES string of the molecule is CCCc1nc(C)c(CNC(=O)C2CCCO2)s1. The van der Waals surface area contributed by atoms with Gasteiger partial charge in [0.05, 0.1) is 17.2 Å². The first-order chi connectivity index (χ1) is 8.70. The van der Waals surface area contributed by atoms with Gasteiger partial charge in [-0.2, -0.15) is 0 Å². The molecule has 0 saturated carbocycles. The minimum atomic E-state index is -0.242. The molecule has 100 valence electrons. The first-order valence-corrected chi connectivity index (χ1v) is 7.37. The lowest BCUT2D eigenvalue weighted by atomic mass is 10.2. The third-order valence-corrected chi connectivity index (χ3v) is 4.26. The summed E-state index contributed by atoms with van der Waals surface area (Å²) in [6.07, 6.45) is 3.71. The van der Waals surface area contributed by atoms with Gasteiger partial charge in [0.25, 0.3) is 0 Å². The van der Waals surface area contributed by atoms with E-state index < -0.39 is 0 Å². The summed E-state index contributed by atoms with van der Waals surface area (Å²) in [6, 6.07) is 0. The van der Waals surface area contributed by atoms with Gasteiger partial charge in [0, 0.05) is 11.5 Å². The van der Waals surface area contributed by atoms with Crippen molar-refractivity contribution in [1.29, 1.82) is 0 Å². The minimum absolute atomic E-state index is 0.0114. The maximum absolute atomic E-state index is 11.8. The van der Waals surface area contributed by atoms with Crippen LogP contribution in [0.2, 0.25) is 0 Å². The number of ether oxygens (including phenoxy) is 1. The quantitative estimate of drug-likeness (QED) is 0.890. The Balaban J connectivity index is 1.87. The molecule has 0 bridgehead atoms. The minimum Gasteiger partial charge on any atom is -0.368 e. The van der Waals surface area contributed by atoms with E-state index in [9.17, 15) is 4.79 Å². The Kier molecular flexibility index (Phi) is 4.72. The summed E-state index contributed by atoms with van der Waals surface area (Å²) in [7, 11) is 0. The summed E-state index contributed by atoms with van der Waals surface area (Å²) in [4.78, 5) is 17.5. The lowest BCUT2D eigenvalue weighted by Crippen LogP contribution is -2.33. The Morgan fingerprint density at radius 3 is 3.11 bits per heavy atom. The van der Waals surface area contributed by atoms with Crippen LogP contribution in [0.1, 0.15) is 41.8 Å². The molecule has 1 aliphatic rings. The van der Waals surface area contributed by atoms with E-state index in [4.69, 9.17) is 4.74 Å². The van der Waals surface area contributed by atoms with Gasteiger partial charge in [-0.05, 0) is 32.6 Å². The van der Waals surface area contributed by atoms with Crippen molar-refractivity contribution < 1.29 is 9.53 Å². The monoisotopic (exact) mass is 268 g/mol. The number of hydrogen-bond acceptors (Lipinski definition) is 4. The smallest absolute Gasteiger partial charge is 0.249 e. The van der Waals surface area contributed by atoms with Gasteiger partial charge in [0.2, 0.25) is 5.91 Å². The van der Waals surface area contributed by atoms with Gasteiger partial charge >= 0.3 is 0 Å². The molecular weight excluding hydrogens is 248 g/mol. The molecule has 1 saturated heterocycles. The predicted molar refractivity (Wildman–Crippen MR) is 71.7 cm³/mol. The number of rotatable bonds is 5. The van der Waals surface area contributed by atoms with Crippen molar-refractivity contribution in [2.75, 3.05) is 6.61 Å². The van der Waals surface area contributed by atoms with Crippen LogP contribution in [0.15, 0.2) is 0 Å². The van der Waals surface area contributed by atoms with E-state index in [0.29, 0.717) is 13.2 Å². The zero-order valence-electron chi connectivity index (χ0n) is 11.0. The molecule has 2 rings (SSSR count). The van der Waals surface area contributed by atoms with Gasteiger partial charge < -0.3 is 10.1 Å². The highest BCUT2D eigenvalue weighted by molar-refractivity contribution is 7.11. The van der Waals surface area contributed by atoms with Gasteiger partial charge in [0.1, 0.15) is 6.10 Å². The fourth-order valence-corrected chi connectivity index (χ4v) is 3.15. The van der Waals surface area contributed by atoms with Crippen molar-refractivity contribution in [1.82, 2.24) is 10.3 Å². The van der Waals surface area contributed by atoms with Gasteiger partial charge in [-0.3, -0.25) is 4.79 Å². The Labute approximate surface area is 112 Å². The van der Waals surface area contributed by atoms with E-state index in [0.717, 1.165) is 41.3 Å². The van der Waals surface area contributed by atoms with Crippen molar-refractivity contribution in [2.45, 2.75) is 52.2 Å². The molecule has 0 aromatic carbocycles. The fraction of sp³-hybridized carbons (Fsp3) is 0.692. The number of nitrogens with zero attached hydrogens (tertiary/aromatic N) is 1. The van der Waals surface area contributed by atoms with Crippen molar-refractivity contribution in [2.24, 2.45) is 0 Å². The molecule has 0 radical (unpaired) electrons. The fourth-order valence-electron chi connectivity index (χ4n) is 2.04. The van der Waals surface area contributed by atoms with E-state index in [-0.39, 0.29) is 12.0 Å². The van der Waals surface area contributed by atoms with Crippen LogP contribution in [0.25, 0.3) is 0 Å². The molecule has 1 aromatic heterocycles. The van der Waals surface area contributed by atoms with E-state index in [1.54, 1.807) is 11.3 Å². The molecule has 2 heterocycles. The van der Waals surface area contributed by atoms with Crippen molar-refractivity contribution in [3.8, 4) is 0 Å². The maximum Gasteiger partial charge on any atom is 0.249 e. The Bertz CT molecular complexity index is 411. The second-order valence-electron chi connectivity index (χ2n) is 4.59. The first kappa shape index (κ1) is 13.5. The Morgan fingerprint density at radius 1 is 1.61 bits per heavy atom. The summed E-state index contributed by atoms with van der Waals surface area (Å²) >= 11 is 1.70. The van der Waals surface area contributed by atoms with Crippen LogP contribution in [0.4, 0.5) is 0 Å². The number of thiazole rings is 1. The lowest BCUT2D eigenvalue weighted by molar-refractivity contribution is -0.130. The zero-order chi connectivity index (χ0) is 13.0. The van der Waals surface area contributed by atoms with Gasteiger partial charge in [-0.1, -0.05) is 6.92 Å². The topological polar surface area (TPSA) is 51.2 Å². The molecule has 5 heteroatoms. The summed E-state index contributed by atoms with van der Waals surface area (Å²) in [5, 5.41) is 4.11. The number of aryl methyl sites for hydroxylation is 2. The normalized spacial score (nSPS) is 19.1. The van der Waals surface area contributed by atoms with Crippen LogP contribution in [-0.4, -0.2) is 23.6 Å². The van der Waals surface area contributed by atoms with Crippen LogP contribution in [0.3, 0.4) is 0 Å². The van der Waals surface area contributed by atoms with Crippen molar-refractivity contribution in [3.63, 3.8) is 0 Å². The number of amides is 1. The Morgan fingerprint density at radius 2 is 2.44 bits per heavy atom. The molecule has 1 unspecified atom stereocenters. The number of carbonyl (C=O) groups excluding carboxylic acids is 1. The van der Waals surface area contributed by atoms with E-state index in [1.807, 2.05) is 6.92 Å². The van der Waals surface area contributed by atoms with Gasteiger partial charge in [-0.25, -0.2) is 4.98 Å².